The first kappa shape index (κ1) is 16.4. The largest absolute Gasteiger partial charge is 0.350 e. The van der Waals surface area contributed by atoms with Crippen LogP contribution in [0.3, 0.4) is 0 Å². The number of carbonyl (C=O) groups is 1. The predicted octanol–water partition coefficient (Wildman–Crippen LogP) is 1.94. The molecule has 110 valence electrons. The lowest BCUT2D eigenvalue weighted by Gasteiger charge is -2.38. The van der Waals surface area contributed by atoms with E-state index in [-0.39, 0.29) is 29.2 Å². The Kier molecular flexibility index (Phi) is 5.08. The Bertz CT molecular complexity index is 530. The Hall–Kier alpha value is -1.66. The van der Waals surface area contributed by atoms with Gasteiger partial charge in [-0.05, 0) is 37.8 Å². The fourth-order valence-corrected chi connectivity index (χ4v) is 2.15. The zero-order valence-electron chi connectivity index (χ0n) is 11.2. The summed E-state index contributed by atoms with van der Waals surface area (Å²) < 4.78 is 0. The Balaban J connectivity index is 0.00000200. The SMILES string of the molecule is Cc1ccc([N+](=O)[O-])c(C(=O)NCC2(N)CCC2)c1.Cl. The maximum absolute atomic E-state index is 12.0. The molecule has 2 rings (SSSR count). The van der Waals surface area contributed by atoms with E-state index in [9.17, 15) is 14.9 Å². The van der Waals surface area contributed by atoms with Gasteiger partial charge in [-0.2, -0.15) is 0 Å². The van der Waals surface area contributed by atoms with Crippen LogP contribution in [0.2, 0.25) is 0 Å². The summed E-state index contributed by atoms with van der Waals surface area (Å²) in [5.74, 6) is -0.438. The predicted molar refractivity (Wildman–Crippen MR) is 78.2 cm³/mol. The maximum Gasteiger partial charge on any atom is 0.282 e. The van der Waals surface area contributed by atoms with Gasteiger partial charge in [0.2, 0.25) is 0 Å². The maximum atomic E-state index is 12.0. The molecule has 0 bridgehead atoms. The molecule has 0 saturated heterocycles. The van der Waals surface area contributed by atoms with Crippen molar-refractivity contribution < 1.29 is 9.72 Å². The number of nitro benzene ring substituents is 1. The second kappa shape index (κ2) is 6.19. The van der Waals surface area contributed by atoms with Crippen molar-refractivity contribution in [1.29, 1.82) is 0 Å². The van der Waals surface area contributed by atoms with E-state index in [0.717, 1.165) is 24.8 Å². The average Bonchev–Trinajstić information content (AvgIpc) is 2.33. The quantitative estimate of drug-likeness (QED) is 0.655. The molecule has 0 aromatic heterocycles. The first-order valence-corrected chi connectivity index (χ1v) is 6.23. The Morgan fingerprint density at radius 1 is 1.50 bits per heavy atom. The van der Waals surface area contributed by atoms with Crippen LogP contribution in [0.25, 0.3) is 0 Å². The first-order chi connectivity index (χ1) is 8.91. The highest BCUT2D eigenvalue weighted by Crippen LogP contribution is 2.28. The van der Waals surface area contributed by atoms with E-state index in [4.69, 9.17) is 5.73 Å². The summed E-state index contributed by atoms with van der Waals surface area (Å²) in [5.41, 5.74) is 6.39. The van der Waals surface area contributed by atoms with E-state index in [1.807, 2.05) is 0 Å². The Labute approximate surface area is 123 Å². The molecule has 1 aliphatic rings. The number of nitrogens with one attached hydrogen (secondary N) is 1. The number of halogens is 1. The molecular weight excluding hydrogens is 282 g/mol. The van der Waals surface area contributed by atoms with Crippen molar-refractivity contribution in [3.63, 3.8) is 0 Å². The summed E-state index contributed by atoms with van der Waals surface area (Å²) in [6.07, 6.45) is 2.82. The number of hydrogen-bond acceptors (Lipinski definition) is 4. The van der Waals surface area contributed by atoms with Crippen molar-refractivity contribution in [2.45, 2.75) is 31.7 Å². The van der Waals surface area contributed by atoms with E-state index in [1.54, 1.807) is 13.0 Å². The molecule has 0 aliphatic heterocycles. The molecule has 0 radical (unpaired) electrons. The van der Waals surface area contributed by atoms with Gasteiger partial charge in [0.05, 0.1) is 4.92 Å². The van der Waals surface area contributed by atoms with Crippen LogP contribution in [0, 0.1) is 17.0 Å². The van der Waals surface area contributed by atoms with Gasteiger partial charge >= 0.3 is 0 Å². The van der Waals surface area contributed by atoms with Crippen molar-refractivity contribution >= 4 is 24.0 Å². The molecule has 1 aliphatic carbocycles. The summed E-state index contributed by atoms with van der Waals surface area (Å²) in [7, 11) is 0. The first-order valence-electron chi connectivity index (χ1n) is 6.23. The molecule has 0 spiro atoms. The third-order valence-corrected chi connectivity index (χ3v) is 3.54. The molecule has 3 N–H and O–H groups in total. The second-order valence-corrected chi connectivity index (χ2v) is 5.18. The smallest absolute Gasteiger partial charge is 0.282 e. The van der Waals surface area contributed by atoms with Crippen LogP contribution < -0.4 is 11.1 Å². The molecular formula is C13H18ClN3O3. The zero-order valence-corrected chi connectivity index (χ0v) is 12.0. The average molecular weight is 300 g/mol. The molecule has 6 nitrogen and oxygen atoms in total. The molecule has 0 heterocycles. The van der Waals surface area contributed by atoms with Gasteiger partial charge < -0.3 is 11.1 Å². The lowest BCUT2D eigenvalue weighted by Crippen LogP contribution is -2.54. The van der Waals surface area contributed by atoms with Crippen molar-refractivity contribution in [3.8, 4) is 0 Å². The van der Waals surface area contributed by atoms with Crippen LogP contribution in [0.5, 0.6) is 0 Å². The van der Waals surface area contributed by atoms with Crippen LogP contribution in [-0.2, 0) is 0 Å². The minimum atomic E-state index is -0.546. The summed E-state index contributed by atoms with van der Waals surface area (Å²) >= 11 is 0. The van der Waals surface area contributed by atoms with Crippen molar-refractivity contribution in [1.82, 2.24) is 5.32 Å². The molecule has 1 amide bonds. The molecule has 1 fully saturated rings. The minimum absolute atomic E-state index is 0. The molecule has 1 aromatic rings. The second-order valence-electron chi connectivity index (χ2n) is 5.18. The lowest BCUT2D eigenvalue weighted by molar-refractivity contribution is -0.385. The highest BCUT2D eigenvalue weighted by Gasteiger charge is 2.33. The molecule has 1 aromatic carbocycles. The van der Waals surface area contributed by atoms with Crippen molar-refractivity contribution in [2.24, 2.45) is 5.73 Å². The topological polar surface area (TPSA) is 98.3 Å². The fourth-order valence-electron chi connectivity index (χ4n) is 2.15. The minimum Gasteiger partial charge on any atom is -0.350 e. The van der Waals surface area contributed by atoms with Gasteiger partial charge in [0.15, 0.2) is 0 Å². The lowest BCUT2D eigenvalue weighted by atomic mass is 9.78. The standard InChI is InChI=1S/C13H17N3O3.ClH/c1-9-3-4-11(16(18)19)10(7-9)12(17)15-8-13(14)5-2-6-13;/h3-4,7H,2,5-6,8,14H2,1H3,(H,15,17);1H. The normalized spacial score (nSPS) is 15.7. The monoisotopic (exact) mass is 299 g/mol. The number of aryl methyl sites for hydroxylation is 1. The van der Waals surface area contributed by atoms with E-state index >= 15 is 0 Å². The van der Waals surface area contributed by atoms with Gasteiger partial charge in [0, 0.05) is 18.2 Å². The van der Waals surface area contributed by atoms with Crippen LogP contribution in [-0.4, -0.2) is 22.9 Å². The van der Waals surface area contributed by atoms with Gasteiger partial charge in [-0.1, -0.05) is 6.07 Å². The van der Waals surface area contributed by atoms with Crippen molar-refractivity contribution in [2.75, 3.05) is 6.54 Å². The Morgan fingerprint density at radius 3 is 2.65 bits per heavy atom. The number of amides is 1. The molecule has 0 atom stereocenters. The summed E-state index contributed by atoms with van der Waals surface area (Å²) in [4.78, 5) is 22.4. The van der Waals surface area contributed by atoms with Crippen LogP contribution in [0.15, 0.2) is 18.2 Å². The molecule has 7 heteroatoms. The third-order valence-electron chi connectivity index (χ3n) is 3.54. The third kappa shape index (κ3) is 3.46. The van der Waals surface area contributed by atoms with E-state index < -0.39 is 10.8 Å². The number of carbonyl (C=O) groups excluding carboxylic acids is 1. The van der Waals surface area contributed by atoms with E-state index in [1.165, 1.54) is 12.1 Å². The van der Waals surface area contributed by atoms with Gasteiger partial charge in [-0.15, -0.1) is 12.4 Å². The van der Waals surface area contributed by atoms with Gasteiger partial charge in [-0.25, -0.2) is 0 Å². The van der Waals surface area contributed by atoms with Crippen LogP contribution in [0.1, 0.15) is 35.2 Å². The summed E-state index contributed by atoms with van der Waals surface area (Å²) in [6.45, 7) is 2.15. The molecule has 0 unspecified atom stereocenters. The highest BCUT2D eigenvalue weighted by molar-refractivity contribution is 5.98. The zero-order chi connectivity index (χ0) is 14.0. The van der Waals surface area contributed by atoms with Crippen LogP contribution in [0.4, 0.5) is 5.69 Å². The molecule has 1 saturated carbocycles. The summed E-state index contributed by atoms with van der Waals surface area (Å²) in [6, 6.07) is 4.49. The number of hydrogen-bond donors (Lipinski definition) is 2. The number of nitrogens with zero attached hydrogens (tertiary/aromatic N) is 1. The Morgan fingerprint density at radius 2 is 2.15 bits per heavy atom. The van der Waals surface area contributed by atoms with Gasteiger partial charge in [0.25, 0.3) is 11.6 Å². The van der Waals surface area contributed by atoms with E-state index in [0.29, 0.717) is 6.54 Å². The number of benzene rings is 1. The van der Waals surface area contributed by atoms with Crippen LogP contribution >= 0.6 is 12.4 Å². The van der Waals surface area contributed by atoms with Gasteiger partial charge in [0.1, 0.15) is 5.56 Å². The van der Waals surface area contributed by atoms with Gasteiger partial charge in [-0.3, -0.25) is 14.9 Å². The fraction of sp³-hybridized carbons (Fsp3) is 0.462. The number of rotatable bonds is 4. The number of nitro groups is 1. The highest BCUT2D eigenvalue weighted by atomic mass is 35.5. The number of nitrogens with two attached hydrogens (primary N) is 1. The van der Waals surface area contributed by atoms with E-state index in [2.05, 4.69) is 5.32 Å². The van der Waals surface area contributed by atoms with Crippen molar-refractivity contribution in [3.05, 3.63) is 39.4 Å². The molecule has 20 heavy (non-hydrogen) atoms. The summed E-state index contributed by atoms with van der Waals surface area (Å²) in [5, 5.41) is 13.6.